The van der Waals surface area contributed by atoms with Gasteiger partial charge in [-0.3, -0.25) is 0 Å². The van der Waals surface area contributed by atoms with Crippen LogP contribution in [0.2, 0.25) is 0 Å². The molecule has 1 aliphatic heterocycles. The van der Waals surface area contributed by atoms with E-state index in [1.54, 1.807) is 4.90 Å². The van der Waals surface area contributed by atoms with Crippen molar-refractivity contribution in [3.05, 3.63) is 26.6 Å². The zero-order chi connectivity index (χ0) is 13.8. The molecule has 1 aliphatic rings. The zero-order valence-corrected chi connectivity index (χ0v) is 13.5. The summed E-state index contributed by atoms with van der Waals surface area (Å²) in [6.07, 6.45) is 0. The minimum absolute atomic E-state index is 0.0276. The van der Waals surface area contributed by atoms with Crippen molar-refractivity contribution in [3.8, 4) is 5.75 Å². The molecule has 0 spiro atoms. The lowest BCUT2D eigenvalue weighted by molar-refractivity contribution is 0.202. The Morgan fingerprint density at radius 1 is 1.37 bits per heavy atom. The lowest BCUT2D eigenvalue weighted by Crippen LogP contribution is -2.31. The number of amides is 2. The molecule has 3 N–H and O–H groups in total. The number of rotatable bonds is 5. The predicted octanol–water partition coefficient (Wildman–Crippen LogP) is 2.07. The molecule has 0 aromatic heterocycles. The van der Waals surface area contributed by atoms with E-state index in [4.69, 9.17) is 10.5 Å². The van der Waals surface area contributed by atoms with E-state index >= 15 is 0 Å². The van der Waals surface area contributed by atoms with Crippen LogP contribution in [0, 0.1) is 0 Å². The second-order valence-electron chi connectivity index (χ2n) is 4.16. The van der Waals surface area contributed by atoms with Gasteiger partial charge in [0.25, 0.3) is 0 Å². The number of hydrogen-bond donors (Lipinski definition) is 2. The van der Waals surface area contributed by atoms with Crippen LogP contribution in [0.4, 0.5) is 4.79 Å². The second kappa shape index (κ2) is 6.58. The van der Waals surface area contributed by atoms with Crippen LogP contribution in [0.1, 0.15) is 5.56 Å². The van der Waals surface area contributed by atoms with E-state index in [9.17, 15) is 4.79 Å². The molecule has 1 fully saturated rings. The van der Waals surface area contributed by atoms with Crippen molar-refractivity contribution in [3.63, 3.8) is 0 Å². The van der Waals surface area contributed by atoms with Crippen LogP contribution < -0.4 is 15.8 Å². The van der Waals surface area contributed by atoms with Crippen LogP contribution >= 0.6 is 31.9 Å². The summed E-state index contributed by atoms with van der Waals surface area (Å²) in [6, 6.07) is 3.84. The highest BCUT2D eigenvalue weighted by molar-refractivity contribution is 9.11. The fourth-order valence-corrected chi connectivity index (χ4v) is 3.36. The Labute approximate surface area is 128 Å². The largest absolute Gasteiger partial charge is 0.489 e. The molecule has 104 valence electrons. The van der Waals surface area contributed by atoms with Crippen molar-refractivity contribution in [2.45, 2.75) is 6.54 Å². The quantitative estimate of drug-likeness (QED) is 0.805. The molecular formula is C12H15Br2N3O2. The maximum Gasteiger partial charge on any atom is 0.317 e. The summed E-state index contributed by atoms with van der Waals surface area (Å²) in [5, 5.41) is 2.76. The first-order valence-electron chi connectivity index (χ1n) is 5.95. The first kappa shape index (κ1) is 14.6. The molecule has 1 saturated heterocycles. The average Bonchev–Trinajstić information content (AvgIpc) is 2.78. The van der Waals surface area contributed by atoms with Crippen LogP contribution in [0.5, 0.6) is 5.75 Å². The SMILES string of the molecule is NCc1cc(Br)c(OCCN2CCNC2=O)c(Br)c1. The van der Waals surface area contributed by atoms with Crippen molar-refractivity contribution in [2.75, 3.05) is 26.2 Å². The van der Waals surface area contributed by atoms with Crippen molar-refractivity contribution in [2.24, 2.45) is 5.73 Å². The molecule has 1 heterocycles. The fourth-order valence-electron chi connectivity index (χ4n) is 1.85. The molecule has 0 saturated carbocycles. The number of hydrogen-bond acceptors (Lipinski definition) is 3. The molecular weight excluding hydrogens is 378 g/mol. The Morgan fingerprint density at radius 3 is 2.58 bits per heavy atom. The third-order valence-electron chi connectivity index (χ3n) is 2.85. The molecule has 1 aromatic carbocycles. The van der Waals surface area contributed by atoms with E-state index in [1.807, 2.05) is 12.1 Å². The van der Waals surface area contributed by atoms with Gasteiger partial charge < -0.3 is 20.7 Å². The number of ether oxygens (including phenoxy) is 1. The predicted molar refractivity (Wildman–Crippen MR) is 80.2 cm³/mol. The van der Waals surface area contributed by atoms with Gasteiger partial charge in [-0.25, -0.2) is 4.79 Å². The van der Waals surface area contributed by atoms with Crippen LogP contribution in [-0.2, 0) is 6.54 Å². The molecule has 1 aromatic rings. The maximum atomic E-state index is 11.4. The highest BCUT2D eigenvalue weighted by atomic mass is 79.9. The lowest BCUT2D eigenvalue weighted by Gasteiger charge is -2.16. The first-order chi connectivity index (χ1) is 9.11. The van der Waals surface area contributed by atoms with E-state index in [0.717, 1.165) is 26.8 Å². The number of carbonyl (C=O) groups is 1. The van der Waals surface area contributed by atoms with E-state index < -0.39 is 0 Å². The Balaban J connectivity index is 1.94. The third-order valence-corrected chi connectivity index (χ3v) is 4.02. The van der Waals surface area contributed by atoms with E-state index in [-0.39, 0.29) is 6.03 Å². The minimum atomic E-state index is -0.0276. The molecule has 19 heavy (non-hydrogen) atoms. The van der Waals surface area contributed by atoms with Gasteiger partial charge in [0.05, 0.1) is 15.5 Å². The summed E-state index contributed by atoms with van der Waals surface area (Å²) in [6.45, 7) is 2.94. The molecule has 0 unspecified atom stereocenters. The molecule has 2 rings (SSSR count). The van der Waals surface area contributed by atoms with Gasteiger partial charge in [-0.05, 0) is 49.6 Å². The number of nitrogens with one attached hydrogen (secondary N) is 1. The molecule has 2 amide bonds. The summed E-state index contributed by atoms with van der Waals surface area (Å²) >= 11 is 6.92. The minimum Gasteiger partial charge on any atom is -0.489 e. The van der Waals surface area contributed by atoms with Gasteiger partial charge >= 0.3 is 6.03 Å². The van der Waals surface area contributed by atoms with Crippen LogP contribution in [-0.4, -0.2) is 37.2 Å². The van der Waals surface area contributed by atoms with Crippen LogP contribution in [0.15, 0.2) is 21.1 Å². The van der Waals surface area contributed by atoms with Crippen LogP contribution in [0.3, 0.4) is 0 Å². The number of halogens is 2. The topological polar surface area (TPSA) is 67.6 Å². The molecule has 0 bridgehead atoms. The van der Waals surface area contributed by atoms with E-state index in [1.165, 1.54) is 0 Å². The van der Waals surface area contributed by atoms with Crippen molar-refractivity contribution in [1.29, 1.82) is 0 Å². The number of nitrogens with zero attached hydrogens (tertiary/aromatic N) is 1. The van der Waals surface area contributed by atoms with Gasteiger partial charge in [0.15, 0.2) is 0 Å². The van der Waals surface area contributed by atoms with Gasteiger partial charge in [-0.1, -0.05) is 0 Å². The Kier molecular flexibility index (Phi) is 5.06. The smallest absolute Gasteiger partial charge is 0.317 e. The standard InChI is InChI=1S/C12H15Br2N3O2/c13-9-5-8(7-15)6-10(14)11(9)19-4-3-17-2-1-16-12(17)18/h5-6H,1-4,7,15H2,(H,16,18). The number of benzene rings is 1. The third kappa shape index (κ3) is 3.61. The molecule has 5 nitrogen and oxygen atoms in total. The number of urea groups is 1. The molecule has 7 heteroatoms. The molecule has 0 aliphatic carbocycles. The van der Waals surface area contributed by atoms with E-state index in [2.05, 4.69) is 37.2 Å². The number of carbonyl (C=O) groups excluding carboxylic acids is 1. The normalized spacial score (nSPS) is 14.7. The molecule has 0 radical (unpaired) electrons. The summed E-state index contributed by atoms with van der Waals surface area (Å²) in [5.74, 6) is 0.733. The summed E-state index contributed by atoms with van der Waals surface area (Å²) in [4.78, 5) is 13.1. The van der Waals surface area contributed by atoms with Gasteiger partial charge in [0.1, 0.15) is 12.4 Å². The van der Waals surface area contributed by atoms with Crippen molar-refractivity contribution in [1.82, 2.24) is 10.2 Å². The highest BCUT2D eigenvalue weighted by Gasteiger charge is 2.19. The zero-order valence-electron chi connectivity index (χ0n) is 10.3. The summed E-state index contributed by atoms with van der Waals surface area (Å²) < 4.78 is 7.43. The summed E-state index contributed by atoms with van der Waals surface area (Å²) in [5.41, 5.74) is 6.62. The number of nitrogens with two attached hydrogens (primary N) is 1. The van der Waals surface area contributed by atoms with Gasteiger partial charge in [0, 0.05) is 19.6 Å². The Hall–Kier alpha value is -0.790. The van der Waals surface area contributed by atoms with E-state index in [0.29, 0.717) is 26.2 Å². The summed E-state index contributed by atoms with van der Waals surface area (Å²) in [7, 11) is 0. The maximum absolute atomic E-state index is 11.4. The van der Waals surface area contributed by atoms with Crippen LogP contribution in [0.25, 0.3) is 0 Å². The van der Waals surface area contributed by atoms with Crippen molar-refractivity contribution < 1.29 is 9.53 Å². The molecule has 0 atom stereocenters. The van der Waals surface area contributed by atoms with Gasteiger partial charge in [-0.2, -0.15) is 0 Å². The average molecular weight is 393 g/mol. The highest BCUT2D eigenvalue weighted by Crippen LogP contribution is 2.34. The van der Waals surface area contributed by atoms with Gasteiger partial charge in [0.2, 0.25) is 0 Å². The second-order valence-corrected chi connectivity index (χ2v) is 5.87. The lowest BCUT2D eigenvalue weighted by atomic mass is 10.2. The Morgan fingerprint density at radius 2 is 2.05 bits per heavy atom. The fraction of sp³-hybridized carbons (Fsp3) is 0.417. The monoisotopic (exact) mass is 391 g/mol. The van der Waals surface area contributed by atoms with Gasteiger partial charge in [-0.15, -0.1) is 0 Å². The first-order valence-corrected chi connectivity index (χ1v) is 7.54. The van der Waals surface area contributed by atoms with Crippen molar-refractivity contribution >= 4 is 37.9 Å². The Bertz CT molecular complexity index is 459.